The monoisotopic (exact) mass is 343 g/mol. The Hall–Kier alpha value is -2.34. The van der Waals surface area contributed by atoms with Crippen LogP contribution in [0.15, 0.2) is 35.7 Å². The lowest BCUT2D eigenvalue weighted by Crippen LogP contribution is -2.38. The van der Waals surface area contributed by atoms with Gasteiger partial charge in [0.2, 0.25) is 5.91 Å². The first-order valence-electron chi connectivity index (χ1n) is 7.93. The number of thiophene rings is 1. The Morgan fingerprint density at radius 2 is 1.96 bits per heavy atom. The van der Waals surface area contributed by atoms with Crippen LogP contribution in [0.5, 0.6) is 0 Å². The number of nitrogens with one attached hydrogen (secondary N) is 1. The summed E-state index contributed by atoms with van der Waals surface area (Å²) in [6.45, 7) is 1.41. The van der Waals surface area contributed by atoms with Gasteiger partial charge in [0.05, 0.1) is 6.42 Å². The molecule has 1 N–H and O–H groups in total. The lowest BCUT2D eigenvalue weighted by atomic mass is 10.1. The third-order valence-electron chi connectivity index (χ3n) is 4.15. The van der Waals surface area contributed by atoms with Gasteiger partial charge in [-0.3, -0.25) is 4.79 Å². The van der Waals surface area contributed by atoms with Gasteiger partial charge < -0.3 is 15.1 Å². The molecule has 0 fully saturated rings. The Morgan fingerprint density at radius 1 is 1.21 bits per heavy atom. The largest absolute Gasteiger partial charge is 0.349 e. The summed E-state index contributed by atoms with van der Waals surface area (Å²) in [4.78, 5) is 28.9. The summed E-state index contributed by atoms with van der Waals surface area (Å²) >= 11 is 1.76. The number of amides is 3. The fourth-order valence-electron chi connectivity index (χ4n) is 2.66. The average Bonchev–Trinajstić information content (AvgIpc) is 3.04. The van der Waals surface area contributed by atoms with Gasteiger partial charge in [-0.15, -0.1) is 11.3 Å². The molecule has 3 amide bonds. The van der Waals surface area contributed by atoms with Crippen molar-refractivity contribution in [1.29, 1.82) is 0 Å². The Labute approximate surface area is 145 Å². The molecule has 126 valence electrons. The molecule has 0 saturated heterocycles. The predicted molar refractivity (Wildman–Crippen MR) is 96.3 cm³/mol. The van der Waals surface area contributed by atoms with Crippen LogP contribution in [-0.4, -0.2) is 42.4 Å². The summed E-state index contributed by atoms with van der Waals surface area (Å²) in [6.07, 6.45) is 1.29. The van der Waals surface area contributed by atoms with Crippen LogP contribution in [-0.2, 0) is 24.2 Å². The maximum absolute atomic E-state index is 12.4. The standard InChI is InChI=1S/C18H21N3O2S/c1-20(2)17(22)11-13-3-5-15(6-4-13)19-18(23)21-9-7-16-14(12-21)8-10-24-16/h3-6,8,10H,7,9,11-12H2,1-2H3,(H,19,23). The number of fused-ring (bicyclic) bond motifs is 1. The van der Waals surface area contributed by atoms with E-state index in [0.717, 1.165) is 24.2 Å². The third-order valence-corrected chi connectivity index (χ3v) is 5.18. The molecular weight excluding hydrogens is 322 g/mol. The molecule has 1 aromatic heterocycles. The summed E-state index contributed by atoms with van der Waals surface area (Å²) in [7, 11) is 3.49. The summed E-state index contributed by atoms with van der Waals surface area (Å²) in [5.41, 5.74) is 2.93. The number of urea groups is 1. The van der Waals surface area contributed by atoms with Gasteiger partial charge in [0, 0.05) is 37.7 Å². The van der Waals surface area contributed by atoms with E-state index < -0.39 is 0 Å². The zero-order valence-corrected chi connectivity index (χ0v) is 14.7. The van der Waals surface area contributed by atoms with E-state index in [4.69, 9.17) is 0 Å². The molecule has 1 aliphatic rings. The molecule has 24 heavy (non-hydrogen) atoms. The Balaban J connectivity index is 1.58. The molecule has 2 aromatic rings. The maximum Gasteiger partial charge on any atom is 0.322 e. The van der Waals surface area contributed by atoms with Crippen LogP contribution < -0.4 is 5.32 Å². The number of likely N-dealkylation sites (N-methyl/N-ethyl adjacent to an activating group) is 1. The van der Waals surface area contributed by atoms with E-state index in [1.54, 1.807) is 30.3 Å². The van der Waals surface area contributed by atoms with Crippen molar-refractivity contribution in [3.63, 3.8) is 0 Å². The fourth-order valence-corrected chi connectivity index (χ4v) is 3.55. The number of rotatable bonds is 3. The quantitative estimate of drug-likeness (QED) is 0.931. The van der Waals surface area contributed by atoms with Crippen LogP contribution in [0.25, 0.3) is 0 Å². The summed E-state index contributed by atoms with van der Waals surface area (Å²) in [5.74, 6) is 0.0617. The van der Waals surface area contributed by atoms with Gasteiger partial charge in [0.15, 0.2) is 0 Å². The molecule has 0 aliphatic carbocycles. The molecule has 0 unspecified atom stereocenters. The number of carbonyl (C=O) groups is 2. The Bertz CT molecular complexity index is 737. The van der Waals surface area contributed by atoms with E-state index in [1.165, 1.54) is 10.4 Å². The SMILES string of the molecule is CN(C)C(=O)Cc1ccc(NC(=O)N2CCc3sccc3C2)cc1. The van der Waals surface area contributed by atoms with Crippen LogP contribution in [0.2, 0.25) is 0 Å². The second-order valence-electron chi connectivity index (χ2n) is 6.13. The van der Waals surface area contributed by atoms with Crippen molar-refractivity contribution >= 4 is 29.0 Å². The van der Waals surface area contributed by atoms with Gasteiger partial charge in [-0.1, -0.05) is 12.1 Å². The molecule has 2 heterocycles. The number of anilines is 1. The average molecular weight is 343 g/mol. The third kappa shape index (κ3) is 3.76. The minimum atomic E-state index is -0.0797. The predicted octanol–water partition coefficient (Wildman–Crippen LogP) is 2.97. The van der Waals surface area contributed by atoms with Gasteiger partial charge in [0.1, 0.15) is 0 Å². The van der Waals surface area contributed by atoms with Crippen molar-refractivity contribution in [3.05, 3.63) is 51.7 Å². The second-order valence-corrected chi connectivity index (χ2v) is 7.13. The van der Waals surface area contributed by atoms with E-state index in [2.05, 4.69) is 16.8 Å². The Kier molecular flexibility index (Phi) is 4.85. The van der Waals surface area contributed by atoms with Gasteiger partial charge in [-0.2, -0.15) is 0 Å². The highest BCUT2D eigenvalue weighted by atomic mass is 32.1. The van der Waals surface area contributed by atoms with E-state index >= 15 is 0 Å². The molecular formula is C18H21N3O2S. The van der Waals surface area contributed by atoms with E-state index in [-0.39, 0.29) is 11.9 Å². The number of nitrogens with zero attached hydrogens (tertiary/aromatic N) is 2. The highest BCUT2D eigenvalue weighted by Crippen LogP contribution is 2.24. The summed E-state index contributed by atoms with van der Waals surface area (Å²) < 4.78 is 0. The fraction of sp³-hybridized carbons (Fsp3) is 0.333. The van der Waals surface area contributed by atoms with Gasteiger partial charge in [-0.25, -0.2) is 4.79 Å². The molecule has 1 aliphatic heterocycles. The zero-order valence-electron chi connectivity index (χ0n) is 13.9. The zero-order chi connectivity index (χ0) is 17.1. The highest BCUT2D eigenvalue weighted by molar-refractivity contribution is 7.10. The van der Waals surface area contributed by atoms with Crippen molar-refractivity contribution in [2.24, 2.45) is 0 Å². The first-order valence-corrected chi connectivity index (χ1v) is 8.81. The van der Waals surface area contributed by atoms with E-state index in [9.17, 15) is 9.59 Å². The van der Waals surface area contributed by atoms with E-state index in [1.807, 2.05) is 29.2 Å². The molecule has 0 atom stereocenters. The maximum atomic E-state index is 12.4. The summed E-state index contributed by atoms with van der Waals surface area (Å²) in [5, 5.41) is 5.02. The Morgan fingerprint density at radius 3 is 2.67 bits per heavy atom. The van der Waals surface area contributed by atoms with E-state index in [0.29, 0.717) is 13.0 Å². The van der Waals surface area contributed by atoms with Crippen molar-refractivity contribution in [2.45, 2.75) is 19.4 Å². The smallest absolute Gasteiger partial charge is 0.322 e. The number of benzene rings is 1. The topological polar surface area (TPSA) is 52.7 Å². The number of hydrogen-bond donors (Lipinski definition) is 1. The number of hydrogen-bond acceptors (Lipinski definition) is 3. The van der Waals surface area contributed by atoms with Crippen molar-refractivity contribution in [1.82, 2.24) is 9.80 Å². The number of carbonyl (C=O) groups excluding carboxylic acids is 2. The van der Waals surface area contributed by atoms with Crippen LogP contribution >= 0.6 is 11.3 Å². The van der Waals surface area contributed by atoms with Crippen molar-refractivity contribution in [3.8, 4) is 0 Å². The minimum absolute atomic E-state index is 0.0617. The van der Waals surface area contributed by atoms with Crippen LogP contribution in [0.3, 0.4) is 0 Å². The van der Waals surface area contributed by atoms with Gasteiger partial charge in [-0.05, 0) is 41.1 Å². The van der Waals surface area contributed by atoms with Crippen molar-refractivity contribution < 1.29 is 9.59 Å². The molecule has 0 radical (unpaired) electrons. The first kappa shape index (κ1) is 16.5. The molecule has 5 nitrogen and oxygen atoms in total. The van der Waals surface area contributed by atoms with Crippen LogP contribution in [0, 0.1) is 0 Å². The second kappa shape index (κ2) is 7.05. The molecule has 3 rings (SSSR count). The van der Waals surface area contributed by atoms with Crippen molar-refractivity contribution in [2.75, 3.05) is 26.0 Å². The molecule has 0 saturated carbocycles. The minimum Gasteiger partial charge on any atom is -0.349 e. The van der Waals surface area contributed by atoms with Gasteiger partial charge >= 0.3 is 6.03 Å². The normalized spacial score (nSPS) is 13.3. The lowest BCUT2D eigenvalue weighted by Gasteiger charge is -2.27. The first-order chi connectivity index (χ1) is 11.5. The molecule has 0 spiro atoms. The molecule has 0 bridgehead atoms. The highest BCUT2D eigenvalue weighted by Gasteiger charge is 2.21. The lowest BCUT2D eigenvalue weighted by molar-refractivity contribution is -0.127. The van der Waals surface area contributed by atoms with Crippen LogP contribution in [0.4, 0.5) is 10.5 Å². The van der Waals surface area contributed by atoms with Crippen LogP contribution in [0.1, 0.15) is 16.0 Å². The molecule has 6 heteroatoms. The summed E-state index contributed by atoms with van der Waals surface area (Å²) in [6, 6.07) is 9.46. The molecule has 1 aromatic carbocycles. The van der Waals surface area contributed by atoms with Gasteiger partial charge in [0.25, 0.3) is 0 Å².